The number of hydrogen-bond donors (Lipinski definition) is 3. The summed E-state index contributed by atoms with van der Waals surface area (Å²) in [4.78, 5) is 14.2. The first-order valence-corrected chi connectivity index (χ1v) is 8.31. The molecule has 3 N–H and O–H groups in total. The van der Waals surface area contributed by atoms with Crippen LogP contribution in [0.5, 0.6) is 0 Å². The first-order chi connectivity index (χ1) is 10.8. The quantitative estimate of drug-likeness (QED) is 0.790. The minimum Gasteiger partial charge on any atom is -0.465 e. The van der Waals surface area contributed by atoms with E-state index in [1.165, 1.54) is 38.5 Å². The van der Waals surface area contributed by atoms with Crippen LogP contribution in [0, 0.1) is 0 Å². The first-order valence-electron chi connectivity index (χ1n) is 8.31. The number of hydrogen-bond acceptors (Lipinski definition) is 5. The van der Waals surface area contributed by atoms with E-state index in [-0.39, 0.29) is 5.54 Å². The van der Waals surface area contributed by atoms with E-state index in [0.717, 1.165) is 5.69 Å². The second-order valence-corrected chi connectivity index (χ2v) is 7.29. The summed E-state index contributed by atoms with van der Waals surface area (Å²) in [6.07, 6.45) is 8.55. The van der Waals surface area contributed by atoms with Crippen molar-refractivity contribution in [1.29, 1.82) is 0 Å². The molecule has 128 valence electrons. The molecule has 0 aromatic carbocycles. The van der Waals surface area contributed by atoms with Crippen LogP contribution in [-0.4, -0.2) is 38.0 Å². The highest BCUT2D eigenvalue weighted by molar-refractivity contribution is 5.65. The second-order valence-electron chi connectivity index (χ2n) is 7.29. The lowest BCUT2D eigenvalue weighted by atomic mass is 10.1. The van der Waals surface area contributed by atoms with Crippen LogP contribution in [0.25, 0.3) is 0 Å². The molecule has 23 heavy (non-hydrogen) atoms. The van der Waals surface area contributed by atoms with Gasteiger partial charge >= 0.3 is 6.09 Å². The number of carbonyl (C=O) groups is 1. The summed E-state index contributed by atoms with van der Waals surface area (Å²) in [7, 11) is 0. The fourth-order valence-corrected chi connectivity index (χ4v) is 2.49. The Kier molecular flexibility index (Phi) is 5.74. The lowest BCUT2D eigenvalue weighted by Crippen LogP contribution is -2.39. The van der Waals surface area contributed by atoms with Crippen LogP contribution in [0.2, 0.25) is 0 Å². The van der Waals surface area contributed by atoms with Crippen LogP contribution in [0.1, 0.15) is 70.9 Å². The molecule has 0 aliphatic heterocycles. The third-order valence-corrected chi connectivity index (χ3v) is 3.75. The van der Waals surface area contributed by atoms with E-state index in [2.05, 4.69) is 25.8 Å². The molecule has 1 aromatic rings. The summed E-state index contributed by atoms with van der Waals surface area (Å²) in [5, 5.41) is 22.1. The number of rotatable bonds is 3. The van der Waals surface area contributed by atoms with Crippen molar-refractivity contribution in [2.24, 2.45) is 0 Å². The van der Waals surface area contributed by atoms with Crippen LogP contribution >= 0.6 is 0 Å². The van der Waals surface area contributed by atoms with E-state index in [1.807, 2.05) is 6.20 Å². The number of carboxylic acid groups (broad SMARTS) is 1. The Morgan fingerprint density at radius 2 is 1.83 bits per heavy atom. The molecule has 2 aliphatic rings. The average Bonchev–Trinajstić information content (AvgIpc) is 3.16. The Hall–Kier alpha value is -1.92. The minimum atomic E-state index is -0.975. The third kappa shape index (κ3) is 6.80. The maximum absolute atomic E-state index is 9.90. The van der Waals surface area contributed by atoms with Gasteiger partial charge in [-0.3, -0.25) is 0 Å². The van der Waals surface area contributed by atoms with Crippen molar-refractivity contribution in [3.8, 4) is 0 Å². The molecular formula is C16H27N5O2. The van der Waals surface area contributed by atoms with E-state index in [1.54, 1.807) is 20.8 Å². The fourth-order valence-electron chi connectivity index (χ4n) is 2.49. The number of aromatic nitrogens is 3. The van der Waals surface area contributed by atoms with E-state index in [9.17, 15) is 4.79 Å². The highest BCUT2D eigenvalue weighted by Crippen LogP contribution is 2.38. The zero-order valence-electron chi connectivity index (χ0n) is 14.2. The topological polar surface area (TPSA) is 100 Å². The smallest absolute Gasteiger partial charge is 0.405 e. The van der Waals surface area contributed by atoms with Crippen molar-refractivity contribution < 1.29 is 9.90 Å². The molecule has 2 aliphatic carbocycles. The molecule has 7 heteroatoms. The first kappa shape index (κ1) is 17.4. The standard InChI is InChI=1S/C11H16N4.C5H11NO2/c1-2-4-9(3-1)13-11-12-7-10(14-15-11)8-5-6-8;1-5(2,3)6-4(7)8/h7-9H,1-6H2,(H,12,13,15);6H,1-3H3,(H,7,8). The van der Waals surface area contributed by atoms with Crippen LogP contribution in [0.15, 0.2) is 6.20 Å². The van der Waals surface area contributed by atoms with Gasteiger partial charge in [-0.15, -0.1) is 10.2 Å². The SMILES string of the molecule is CC(C)(C)NC(=O)O.c1nc(NC2CCCC2)nnc1C1CC1. The van der Waals surface area contributed by atoms with E-state index in [0.29, 0.717) is 17.9 Å². The molecule has 3 rings (SSSR count). The van der Waals surface area contributed by atoms with E-state index < -0.39 is 6.09 Å². The van der Waals surface area contributed by atoms with Gasteiger partial charge in [0.05, 0.1) is 11.9 Å². The minimum absolute atomic E-state index is 0.328. The number of nitrogens with zero attached hydrogens (tertiary/aromatic N) is 3. The van der Waals surface area contributed by atoms with Crippen LogP contribution in [0.4, 0.5) is 10.7 Å². The molecule has 2 fully saturated rings. The second kappa shape index (κ2) is 7.57. The molecule has 1 heterocycles. The molecule has 0 atom stereocenters. The number of anilines is 1. The summed E-state index contributed by atoms with van der Waals surface area (Å²) in [5.41, 5.74) is 0.734. The largest absolute Gasteiger partial charge is 0.465 e. The summed E-state index contributed by atoms with van der Waals surface area (Å²) in [6.45, 7) is 5.38. The molecular weight excluding hydrogens is 294 g/mol. The lowest BCUT2D eigenvalue weighted by Gasteiger charge is -2.16. The van der Waals surface area contributed by atoms with Gasteiger partial charge in [-0.2, -0.15) is 0 Å². The van der Waals surface area contributed by atoms with E-state index >= 15 is 0 Å². The zero-order chi connectivity index (χ0) is 16.9. The Bertz CT molecular complexity index is 502. The number of nitrogens with one attached hydrogen (secondary N) is 2. The lowest BCUT2D eigenvalue weighted by molar-refractivity contribution is 0.184. The maximum Gasteiger partial charge on any atom is 0.405 e. The van der Waals surface area contributed by atoms with Crippen molar-refractivity contribution in [3.05, 3.63) is 11.9 Å². The van der Waals surface area contributed by atoms with Gasteiger partial charge in [-0.1, -0.05) is 12.8 Å². The summed E-state index contributed by atoms with van der Waals surface area (Å²) in [6, 6.07) is 0.568. The van der Waals surface area contributed by atoms with Gasteiger partial charge in [0.1, 0.15) is 0 Å². The summed E-state index contributed by atoms with van der Waals surface area (Å²) >= 11 is 0. The Morgan fingerprint density at radius 3 is 2.22 bits per heavy atom. The third-order valence-electron chi connectivity index (χ3n) is 3.75. The van der Waals surface area contributed by atoms with Crippen LogP contribution < -0.4 is 10.6 Å². The summed E-state index contributed by atoms with van der Waals surface area (Å²) < 4.78 is 0. The molecule has 7 nitrogen and oxygen atoms in total. The molecule has 1 aromatic heterocycles. The number of amides is 1. The molecule has 0 radical (unpaired) electrons. The zero-order valence-corrected chi connectivity index (χ0v) is 14.2. The highest BCUT2D eigenvalue weighted by atomic mass is 16.4. The molecule has 2 saturated carbocycles. The normalized spacial score (nSPS) is 18.0. The average molecular weight is 321 g/mol. The van der Waals surface area contributed by atoms with Gasteiger partial charge in [0.2, 0.25) is 5.95 Å². The van der Waals surface area contributed by atoms with Crippen molar-refractivity contribution in [2.45, 2.75) is 76.8 Å². The van der Waals surface area contributed by atoms with Crippen molar-refractivity contribution in [3.63, 3.8) is 0 Å². The van der Waals surface area contributed by atoms with Gasteiger partial charge in [-0.05, 0) is 46.5 Å². The Labute approximate surface area is 137 Å². The van der Waals surface area contributed by atoms with Gasteiger partial charge in [0, 0.05) is 17.5 Å². The molecule has 0 unspecified atom stereocenters. The highest BCUT2D eigenvalue weighted by Gasteiger charge is 2.26. The summed E-state index contributed by atoms with van der Waals surface area (Å²) in [5.74, 6) is 1.34. The van der Waals surface area contributed by atoms with E-state index in [4.69, 9.17) is 5.11 Å². The van der Waals surface area contributed by atoms with Crippen molar-refractivity contribution >= 4 is 12.0 Å². The van der Waals surface area contributed by atoms with Crippen LogP contribution in [-0.2, 0) is 0 Å². The Balaban J connectivity index is 0.000000207. The fraction of sp³-hybridized carbons (Fsp3) is 0.750. The maximum atomic E-state index is 9.90. The van der Waals surface area contributed by atoms with Crippen molar-refractivity contribution in [1.82, 2.24) is 20.5 Å². The Morgan fingerprint density at radius 1 is 1.17 bits per heavy atom. The predicted molar refractivity (Wildman–Crippen MR) is 88.6 cm³/mol. The van der Waals surface area contributed by atoms with Gasteiger partial charge < -0.3 is 15.7 Å². The predicted octanol–water partition coefficient (Wildman–Crippen LogP) is 3.16. The molecule has 0 saturated heterocycles. The molecule has 1 amide bonds. The monoisotopic (exact) mass is 321 g/mol. The van der Waals surface area contributed by atoms with Gasteiger partial charge in [-0.25, -0.2) is 9.78 Å². The van der Waals surface area contributed by atoms with Gasteiger partial charge in [0.15, 0.2) is 0 Å². The van der Waals surface area contributed by atoms with Crippen molar-refractivity contribution in [2.75, 3.05) is 5.32 Å². The van der Waals surface area contributed by atoms with Gasteiger partial charge in [0.25, 0.3) is 0 Å². The molecule has 0 spiro atoms. The van der Waals surface area contributed by atoms with Crippen LogP contribution in [0.3, 0.4) is 0 Å². The molecule has 0 bridgehead atoms.